The number of carboxylic acid groups (broad SMARTS) is 1. The maximum atomic E-state index is 13.0. The fraction of sp³-hybridized carbons (Fsp3) is 0.364. The van der Waals surface area contributed by atoms with Crippen molar-refractivity contribution in [3.63, 3.8) is 0 Å². The number of ether oxygens (including phenoxy) is 1. The van der Waals surface area contributed by atoms with Gasteiger partial charge in [0.25, 0.3) is 0 Å². The number of hydrogen-bond acceptors (Lipinski definition) is 3. The van der Waals surface area contributed by atoms with Crippen molar-refractivity contribution < 1.29 is 19.4 Å². The summed E-state index contributed by atoms with van der Waals surface area (Å²) in [6, 6.07) is 13.9. The molecule has 0 radical (unpaired) electrons. The molecule has 2 rings (SSSR count). The van der Waals surface area contributed by atoms with Crippen molar-refractivity contribution in [1.29, 1.82) is 0 Å². The standard InChI is InChI=1S/C22H27NO4/c1-21(2,3)17-9-7-8-10-18(17)23(20(26)27-22(4,5)6)16-13-11-15(12-14-16)19(24)25/h7-14H,1-6H3,(H,24,25). The Morgan fingerprint density at radius 3 is 1.93 bits per heavy atom. The summed E-state index contributed by atoms with van der Waals surface area (Å²) in [5, 5.41) is 9.14. The molecular weight excluding hydrogens is 342 g/mol. The van der Waals surface area contributed by atoms with Crippen LogP contribution in [0.25, 0.3) is 0 Å². The maximum Gasteiger partial charge on any atom is 0.419 e. The van der Waals surface area contributed by atoms with Crippen molar-refractivity contribution in [2.45, 2.75) is 52.6 Å². The summed E-state index contributed by atoms with van der Waals surface area (Å²) in [5.41, 5.74) is 1.55. The molecule has 0 aliphatic rings. The molecule has 0 bridgehead atoms. The van der Waals surface area contributed by atoms with E-state index >= 15 is 0 Å². The van der Waals surface area contributed by atoms with Gasteiger partial charge < -0.3 is 9.84 Å². The van der Waals surface area contributed by atoms with Crippen LogP contribution in [0.2, 0.25) is 0 Å². The first-order chi connectivity index (χ1) is 12.4. The van der Waals surface area contributed by atoms with E-state index in [1.54, 1.807) is 12.1 Å². The molecule has 0 aliphatic heterocycles. The summed E-state index contributed by atoms with van der Waals surface area (Å²) in [6.45, 7) is 11.7. The highest BCUT2D eigenvalue weighted by Gasteiger charge is 2.29. The number of benzene rings is 2. The molecular formula is C22H27NO4. The van der Waals surface area contributed by atoms with Gasteiger partial charge in [0.15, 0.2) is 0 Å². The van der Waals surface area contributed by atoms with Crippen LogP contribution in [-0.2, 0) is 10.2 Å². The lowest BCUT2D eigenvalue weighted by atomic mass is 9.85. The van der Waals surface area contributed by atoms with Crippen LogP contribution in [0.4, 0.5) is 16.2 Å². The van der Waals surface area contributed by atoms with Crippen LogP contribution in [-0.4, -0.2) is 22.8 Å². The molecule has 1 amide bonds. The zero-order valence-electron chi connectivity index (χ0n) is 16.7. The number of hydrogen-bond donors (Lipinski definition) is 1. The third-order valence-corrected chi connectivity index (χ3v) is 3.90. The van der Waals surface area contributed by atoms with Crippen molar-refractivity contribution in [1.82, 2.24) is 0 Å². The van der Waals surface area contributed by atoms with Crippen LogP contribution in [0.3, 0.4) is 0 Å². The lowest BCUT2D eigenvalue weighted by Gasteiger charge is -2.32. The number of anilines is 2. The fourth-order valence-electron chi connectivity index (χ4n) is 2.71. The van der Waals surface area contributed by atoms with E-state index in [4.69, 9.17) is 9.84 Å². The van der Waals surface area contributed by atoms with E-state index in [0.29, 0.717) is 11.4 Å². The molecule has 0 saturated heterocycles. The van der Waals surface area contributed by atoms with Crippen LogP contribution in [0.1, 0.15) is 57.5 Å². The Labute approximate surface area is 160 Å². The molecule has 2 aromatic rings. The fourth-order valence-corrected chi connectivity index (χ4v) is 2.71. The first kappa shape index (κ1) is 20.5. The first-order valence-electron chi connectivity index (χ1n) is 8.86. The van der Waals surface area contributed by atoms with Gasteiger partial charge in [0.1, 0.15) is 5.60 Å². The van der Waals surface area contributed by atoms with Crippen molar-refractivity contribution in [3.8, 4) is 0 Å². The van der Waals surface area contributed by atoms with Crippen LogP contribution in [0.5, 0.6) is 0 Å². The molecule has 0 aromatic heterocycles. The van der Waals surface area contributed by atoms with E-state index < -0.39 is 17.7 Å². The number of carbonyl (C=O) groups is 2. The van der Waals surface area contributed by atoms with Gasteiger partial charge in [-0.3, -0.25) is 0 Å². The van der Waals surface area contributed by atoms with Gasteiger partial charge in [-0.2, -0.15) is 0 Å². The molecule has 0 heterocycles. The summed E-state index contributed by atoms with van der Waals surface area (Å²) < 4.78 is 5.62. The second kappa shape index (κ2) is 7.43. The minimum absolute atomic E-state index is 0.159. The van der Waals surface area contributed by atoms with E-state index in [1.165, 1.54) is 17.0 Å². The van der Waals surface area contributed by atoms with E-state index in [-0.39, 0.29) is 11.0 Å². The van der Waals surface area contributed by atoms with E-state index in [9.17, 15) is 9.59 Å². The number of nitrogens with zero attached hydrogens (tertiary/aromatic N) is 1. The van der Waals surface area contributed by atoms with Gasteiger partial charge in [-0.25, -0.2) is 14.5 Å². The van der Waals surface area contributed by atoms with Gasteiger partial charge in [0, 0.05) is 0 Å². The average molecular weight is 369 g/mol. The second-order valence-electron chi connectivity index (χ2n) is 8.43. The maximum absolute atomic E-state index is 13.0. The molecule has 1 N–H and O–H groups in total. The summed E-state index contributed by atoms with van der Waals surface area (Å²) >= 11 is 0. The number of para-hydroxylation sites is 1. The zero-order valence-corrected chi connectivity index (χ0v) is 16.7. The Balaban J connectivity index is 2.61. The van der Waals surface area contributed by atoms with E-state index in [2.05, 4.69) is 20.8 Å². The van der Waals surface area contributed by atoms with Gasteiger partial charge in [0.05, 0.1) is 16.9 Å². The molecule has 0 atom stereocenters. The summed E-state index contributed by atoms with van der Waals surface area (Å²) in [5.74, 6) is -1.01. The van der Waals surface area contributed by atoms with Gasteiger partial charge in [-0.1, -0.05) is 39.0 Å². The van der Waals surface area contributed by atoms with Crippen molar-refractivity contribution >= 4 is 23.4 Å². The number of carboxylic acids is 1. The van der Waals surface area contributed by atoms with Crippen molar-refractivity contribution in [2.75, 3.05) is 4.90 Å². The first-order valence-corrected chi connectivity index (χ1v) is 8.86. The molecule has 0 saturated carbocycles. The Morgan fingerprint density at radius 1 is 0.889 bits per heavy atom. The molecule has 5 nitrogen and oxygen atoms in total. The summed E-state index contributed by atoms with van der Waals surface area (Å²) in [6.07, 6.45) is -0.512. The highest BCUT2D eigenvalue weighted by Crippen LogP contribution is 2.36. The number of amides is 1. The number of rotatable bonds is 3. The zero-order chi connectivity index (χ0) is 20.4. The highest BCUT2D eigenvalue weighted by atomic mass is 16.6. The Bertz CT molecular complexity index is 827. The third-order valence-electron chi connectivity index (χ3n) is 3.90. The van der Waals surface area contributed by atoms with Crippen LogP contribution >= 0.6 is 0 Å². The van der Waals surface area contributed by atoms with Gasteiger partial charge in [-0.15, -0.1) is 0 Å². The SMILES string of the molecule is CC(C)(C)OC(=O)N(c1ccc(C(=O)O)cc1)c1ccccc1C(C)(C)C. The van der Waals surface area contributed by atoms with Gasteiger partial charge in [-0.05, 0) is 62.1 Å². The third kappa shape index (κ3) is 5.09. The van der Waals surface area contributed by atoms with Crippen molar-refractivity contribution in [3.05, 3.63) is 59.7 Å². The Hall–Kier alpha value is -2.82. The molecule has 5 heteroatoms. The Morgan fingerprint density at radius 2 is 1.44 bits per heavy atom. The average Bonchev–Trinajstić information content (AvgIpc) is 2.53. The normalized spacial score (nSPS) is 11.8. The molecule has 27 heavy (non-hydrogen) atoms. The van der Waals surface area contributed by atoms with Crippen LogP contribution in [0, 0.1) is 0 Å². The van der Waals surface area contributed by atoms with E-state index in [1.807, 2.05) is 45.0 Å². The minimum Gasteiger partial charge on any atom is -0.478 e. The topological polar surface area (TPSA) is 66.8 Å². The van der Waals surface area contributed by atoms with Crippen LogP contribution in [0.15, 0.2) is 48.5 Å². The lowest BCUT2D eigenvalue weighted by molar-refractivity contribution is 0.0598. The lowest BCUT2D eigenvalue weighted by Crippen LogP contribution is -2.35. The predicted octanol–water partition coefficient (Wildman–Crippen LogP) is 5.76. The molecule has 0 fully saturated rings. The predicted molar refractivity (Wildman–Crippen MR) is 107 cm³/mol. The molecule has 2 aromatic carbocycles. The van der Waals surface area contributed by atoms with Gasteiger partial charge >= 0.3 is 12.1 Å². The molecule has 0 unspecified atom stereocenters. The summed E-state index contributed by atoms with van der Waals surface area (Å²) in [4.78, 5) is 25.7. The molecule has 144 valence electrons. The van der Waals surface area contributed by atoms with Crippen molar-refractivity contribution in [2.24, 2.45) is 0 Å². The minimum atomic E-state index is -1.01. The van der Waals surface area contributed by atoms with E-state index in [0.717, 1.165) is 5.56 Å². The quantitative estimate of drug-likeness (QED) is 0.747. The number of carbonyl (C=O) groups excluding carboxylic acids is 1. The largest absolute Gasteiger partial charge is 0.478 e. The van der Waals surface area contributed by atoms with Gasteiger partial charge in [0.2, 0.25) is 0 Å². The summed E-state index contributed by atoms with van der Waals surface area (Å²) in [7, 11) is 0. The molecule has 0 spiro atoms. The Kier molecular flexibility index (Phi) is 5.64. The number of aromatic carboxylic acids is 1. The monoisotopic (exact) mass is 369 g/mol. The highest BCUT2D eigenvalue weighted by molar-refractivity contribution is 5.98. The second-order valence-corrected chi connectivity index (χ2v) is 8.43. The van der Waals surface area contributed by atoms with Crippen LogP contribution < -0.4 is 4.90 Å². The molecule has 0 aliphatic carbocycles. The smallest absolute Gasteiger partial charge is 0.419 e.